The van der Waals surface area contributed by atoms with Crippen molar-refractivity contribution in [1.29, 1.82) is 0 Å². The van der Waals surface area contributed by atoms with Crippen molar-refractivity contribution in [2.45, 2.75) is 52.1 Å². The lowest BCUT2D eigenvalue weighted by Crippen LogP contribution is -2.37. The minimum absolute atomic E-state index is 0.0420. The Bertz CT molecular complexity index is 663. The SMILES string of the molecule is CCC(CO)NC(=O)Cc1ccc(NCc2noc(C(C)C)n2)cc1. The first-order chi connectivity index (χ1) is 12.0. The van der Waals surface area contributed by atoms with Crippen molar-refractivity contribution in [2.24, 2.45) is 0 Å². The van der Waals surface area contributed by atoms with Crippen LogP contribution in [0, 0.1) is 0 Å². The average molecular weight is 346 g/mol. The van der Waals surface area contributed by atoms with Crippen molar-refractivity contribution in [3.05, 3.63) is 41.5 Å². The number of anilines is 1. The Morgan fingerprint density at radius 1 is 1.28 bits per heavy atom. The van der Waals surface area contributed by atoms with Gasteiger partial charge in [-0.2, -0.15) is 4.98 Å². The van der Waals surface area contributed by atoms with Gasteiger partial charge in [0.2, 0.25) is 11.8 Å². The molecule has 2 rings (SSSR count). The van der Waals surface area contributed by atoms with Crippen LogP contribution in [0.1, 0.15) is 50.4 Å². The lowest BCUT2D eigenvalue weighted by atomic mass is 10.1. The van der Waals surface area contributed by atoms with E-state index in [9.17, 15) is 4.79 Å². The van der Waals surface area contributed by atoms with Crippen LogP contribution in [0.15, 0.2) is 28.8 Å². The molecule has 1 amide bonds. The third kappa shape index (κ3) is 5.86. The van der Waals surface area contributed by atoms with Gasteiger partial charge in [0.1, 0.15) is 0 Å². The number of hydrogen-bond acceptors (Lipinski definition) is 6. The van der Waals surface area contributed by atoms with E-state index in [1.165, 1.54) is 0 Å². The van der Waals surface area contributed by atoms with E-state index in [4.69, 9.17) is 9.63 Å². The van der Waals surface area contributed by atoms with Crippen molar-refractivity contribution in [3.63, 3.8) is 0 Å². The van der Waals surface area contributed by atoms with E-state index in [2.05, 4.69) is 20.8 Å². The summed E-state index contributed by atoms with van der Waals surface area (Å²) in [5.74, 6) is 1.37. The summed E-state index contributed by atoms with van der Waals surface area (Å²) in [6.45, 7) is 6.37. The minimum Gasteiger partial charge on any atom is -0.394 e. The molecule has 1 aromatic heterocycles. The van der Waals surface area contributed by atoms with Crippen LogP contribution in [0.2, 0.25) is 0 Å². The lowest BCUT2D eigenvalue weighted by molar-refractivity contribution is -0.121. The molecule has 1 atom stereocenters. The number of aromatic nitrogens is 2. The van der Waals surface area contributed by atoms with Gasteiger partial charge < -0.3 is 20.3 Å². The van der Waals surface area contributed by atoms with Crippen molar-refractivity contribution < 1.29 is 14.4 Å². The summed E-state index contributed by atoms with van der Waals surface area (Å²) in [5.41, 5.74) is 1.83. The van der Waals surface area contributed by atoms with Gasteiger partial charge in [0.25, 0.3) is 0 Å². The van der Waals surface area contributed by atoms with Crippen LogP contribution < -0.4 is 10.6 Å². The van der Waals surface area contributed by atoms with Crippen molar-refractivity contribution in [3.8, 4) is 0 Å². The van der Waals surface area contributed by atoms with Gasteiger partial charge in [0.05, 0.1) is 25.6 Å². The van der Waals surface area contributed by atoms with Crippen LogP contribution in [0.4, 0.5) is 5.69 Å². The van der Waals surface area contributed by atoms with Crippen molar-refractivity contribution in [2.75, 3.05) is 11.9 Å². The maximum Gasteiger partial charge on any atom is 0.229 e. The highest BCUT2D eigenvalue weighted by Crippen LogP contribution is 2.13. The number of rotatable bonds is 9. The van der Waals surface area contributed by atoms with E-state index in [0.29, 0.717) is 31.1 Å². The molecule has 0 aliphatic heterocycles. The normalized spacial score (nSPS) is 12.2. The zero-order valence-electron chi connectivity index (χ0n) is 15.0. The largest absolute Gasteiger partial charge is 0.394 e. The van der Waals surface area contributed by atoms with E-state index in [0.717, 1.165) is 11.3 Å². The first kappa shape index (κ1) is 18.9. The molecule has 1 unspecified atom stereocenters. The third-order valence-electron chi connectivity index (χ3n) is 3.83. The summed E-state index contributed by atoms with van der Waals surface area (Å²) in [5, 5.41) is 19.1. The molecule has 0 fully saturated rings. The quantitative estimate of drug-likeness (QED) is 0.644. The predicted octanol–water partition coefficient (Wildman–Crippen LogP) is 2.23. The predicted molar refractivity (Wildman–Crippen MR) is 95.2 cm³/mol. The number of aliphatic hydroxyl groups excluding tert-OH is 1. The monoisotopic (exact) mass is 346 g/mol. The second-order valence-corrected chi connectivity index (χ2v) is 6.29. The molecule has 2 aromatic rings. The molecule has 0 spiro atoms. The highest BCUT2D eigenvalue weighted by Gasteiger charge is 2.11. The molecule has 0 aliphatic carbocycles. The fourth-order valence-electron chi connectivity index (χ4n) is 2.24. The first-order valence-electron chi connectivity index (χ1n) is 8.57. The van der Waals surface area contributed by atoms with Crippen LogP contribution in [-0.4, -0.2) is 33.8 Å². The molecule has 25 heavy (non-hydrogen) atoms. The Kier molecular flexibility index (Phi) is 6.94. The van der Waals surface area contributed by atoms with E-state index >= 15 is 0 Å². The molecule has 0 bridgehead atoms. The van der Waals surface area contributed by atoms with E-state index in [-0.39, 0.29) is 24.5 Å². The van der Waals surface area contributed by atoms with Crippen LogP contribution in [0.3, 0.4) is 0 Å². The van der Waals surface area contributed by atoms with Crippen molar-refractivity contribution >= 4 is 11.6 Å². The number of benzene rings is 1. The smallest absolute Gasteiger partial charge is 0.229 e. The highest BCUT2D eigenvalue weighted by molar-refractivity contribution is 5.79. The number of nitrogens with one attached hydrogen (secondary N) is 2. The number of amides is 1. The molecular weight excluding hydrogens is 320 g/mol. The molecule has 0 radical (unpaired) electrons. The van der Waals surface area contributed by atoms with Crippen LogP contribution in [0.25, 0.3) is 0 Å². The number of carbonyl (C=O) groups is 1. The van der Waals surface area contributed by atoms with Crippen molar-refractivity contribution in [1.82, 2.24) is 15.5 Å². The van der Waals surface area contributed by atoms with E-state index < -0.39 is 0 Å². The van der Waals surface area contributed by atoms with Gasteiger partial charge in [0, 0.05) is 11.6 Å². The van der Waals surface area contributed by atoms with E-state index in [1.54, 1.807) is 0 Å². The van der Waals surface area contributed by atoms with Crippen LogP contribution in [0.5, 0.6) is 0 Å². The van der Waals surface area contributed by atoms with Crippen LogP contribution >= 0.6 is 0 Å². The Labute approximate surface area is 147 Å². The minimum atomic E-state index is -0.181. The van der Waals surface area contributed by atoms with Crippen LogP contribution in [-0.2, 0) is 17.8 Å². The molecule has 136 valence electrons. The van der Waals surface area contributed by atoms with E-state index in [1.807, 2.05) is 45.0 Å². The van der Waals surface area contributed by atoms with Gasteiger partial charge in [0.15, 0.2) is 5.82 Å². The number of carbonyl (C=O) groups excluding carboxylic acids is 1. The fraction of sp³-hybridized carbons (Fsp3) is 0.500. The second kappa shape index (κ2) is 9.17. The zero-order chi connectivity index (χ0) is 18.2. The number of nitrogens with zero attached hydrogens (tertiary/aromatic N) is 2. The first-order valence-corrected chi connectivity index (χ1v) is 8.57. The molecule has 3 N–H and O–H groups in total. The zero-order valence-corrected chi connectivity index (χ0v) is 15.0. The maximum absolute atomic E-state index is 11.9. The number of aliphatic hydroxyl groups is 1. The average Bonchev–Trinajstić information content (AvgIpc) is 3.08. The molecule has 7 nitrogen and oxygen atoms in total. The molecule has 0 saturated heterocycles. The summed E-state index contributed by atoms with van der Waals surface area (Å²) in [4.78, 5) is 16.2. The Balaban J connectivity index is 1.83. The maximum atomic E-state index is 11.9. The molecule has 0 aliphatic rings. The summed E-state index contributed by atoms with van der Waals surface area (Å²) in [6.07, 6.45) is 0.999. The molecule has 7 heteroatoms. The second-order valence-electron chi connectivity index (χ2n) is 6.29. The summed E-state index contributed by atoms with van der Waals surface area (Å²) in [6, 6.07) is 7.44. The molecule has 1 heterocycles. The van der Waals surface area contributed by atoms with Gasteiger partial charge >= 0.3 is 0 Å². The molecule has 1 aromatic carbocycles. The number of hydrogen-bond donors (Lipinski definition) is 3. The Morgan fingerprint density at radius 2 is 2.00 bits per heavy atom. The molecule has 0 saturated carbocycles. The van der Waals surface area contributed by atoms with Gasteiger partial charge in [-0.1, -0.05) is 38.1 Å². The summed E-state index contributed by atoms with van der Waals surface area (Å²) in [7, 11) is 0. The fourth-order valence-corrected chi connectivity index (χ4v) is 2.24. The lowest BCUT2D eigenvalue weighted by Gasteiger charge is -2.14. The van der Waals surface area contributed by atoms with Gasteiger partial charge in [-0.05, 0) is 24.1 Å². The Hall–Kier alpha value is -2.41. The summed E-state index contributed by atoms with van der Waals surface area (Å²) < 4.78 is 5.16. The summed E-state index contributed by atoms with van der Waals surface area (Å²) >= 11 is 0. The van der Waals surface area contributed by atoms with Gasteiger partial charge in [-0.25, -0.2) is 0 Å². The van der Waals surface area contributed by atoms with Gasteiger partial charge in [-0.3, -0.25) is 4.79 Å². The standard InChI is InChI=1S/C18H26N4O3/c1-4-14(11-23)20-17(24)9-13-5-7-15(8-6-13)19-10-16-21-18(12(2)3)25-22-16/h5-8,12,14,19,23H,4,9-11H2,1-3H3,(H,20,24). The van der Waals surface area contributed by atoms with Gasteiger partial charge in [-0.15, -0.1) is 0 Å². The topological polar surface area (TPSA) is 100 Å². The Morgan fingerprint density at radius 3 is 2.56 bits per heavy atom. The third-order valence-corrected chi connectivity index (χ3v) is 3.83. The molecular formula is C18H26N4O3. The highest BCUT2D eigenvalue weighted by atomic mass is 16.5.